The van der Waals surface area contributed by atoms with E-state index in [9.17, 15) is 4.79 Å². The Morgan fingerprint density at radius 3 is 2.89 bits per heavy atom. The van der Waals surface area contributed by atoms with Crippen LogP contribution in [0, 0.1) is 0 Å². The van der Waals surface area contributed by atoms with E-state index >= 15 is 0 Å². The van der Waals surface area contributed by atoms with E-state index in [0.717, 1.165) is 31.6 Å². The number of carbonyl (C=O) groups is 1. The Balaban J connectivity index is 2.11. The van der Waals surface area contributed by atoms with Gasteiger partial charge in [-0.05, 0) is 40.0 Å². The van der Waals surface area contributed by atoms with Crippen LogP contribution in [-0.4, -0.2) is 33.1 Å². The van der Waals surface area contributed by atoms with Crippen LogP contribution in [-0.2, 0) is 4.74 Å². The van der Waals surface area contributed by atoms with Crippen molar-refractivity contribution in [1.29, 1.82) is 0 Å². The van der Waals surface area contributed by atoms with Crippen molar-refractivity contribution < 1.29 is 9.53 Å². The molecule has 5 heteroatoms. The van der Waals surface area contributed by atoms with Crippen LogP contribution in [0.5, 0.6) is 0 Å². The van der Waals surface area contributed by atoms with Gasteiger partial charge in [0.15, 0.2) is 0 Å². The molecule has 0 saturated carbocycles. The molecule has 1 N–H and O–H groups in total. The van der Waals surface area contributed by atoms with Gasteiger partial charge in [-0.2, -0.15) is 0 Å². The van der Waals surface area contributed by atoms with E-state index in [1.54, 1.807) is 17.3 Å². The molecule has 1 fully saturated rings. The summed E-state index contributed by atoms with van der Waals surface area (Å²) in [6.45, 7) is 6.39. The number of carbonyl (C=O) groups excluding carboxylic acids is 1. The molecular formula is C13H21N3O2. The number of nitrogens with one attached hydrogen (secondary N) is 1. The van der Waals surface area contributed by atoms with E-state index in [4.69, 9.17) is 4.74 Å². The van der Waals surface area contributed by atoms with Gasteiger partial charge in [-0.25, -0.2) is 9.78 Å². The molecule has 0 spiro atoms. The zero-order valence-corrected chi connectivity index (χ0v) is 11.3. The second kappa shape index (κ2) is 5.00. The third kappa shape index (κ3) is 3.03. The molecule has 1 atom stereocenters. The summed E-state index contributed by atoms with van der Waals surface area (Å²) in [6, 6.07) is 0.0172. The Morgan fingerprint density at radius 2 is 2.28 bits per heavy atom. The van der Waals surface area contributed by atoms with Crippen LogP contribution >= 0.6 is 0 Å². The Bertz CT molecular complexity index is 395. The highest BCUT2D eigenvalue weighted by Gasteiger charge is 2.32. The number of imidazole rings is 1. The van der Waals surface area contributed by atoms with E-state index in [1.165, 1.54) is 0 Å². The Kier molecular flexibility index (Phi) is 3.59. The van der Waals surface area contributed by atoms with E-state index in [0.29, 0.717) is 0 Å². The van der Waals surface area contributed by atoms with Crippen LogP contribution in [0.2, 0.25) is 0 Å². The fourth-order valence-electron chi connectivity index (χ4n) is 2.21. The number of rotatable bonds is 1. The topological polar surface area (TPSA) is 58.2 Å². The van der Waals surface area contributed by atoms with Crippen molar-refractivity contribution in [1.82, 2.24) is 14.9 Å². The van der Waals surface area contributed by atoms with Gasteiger partial charge >= 0.3 is 6.09 Å². The Labute approximate surface area is 108 Å². The lowest BCUT2D eigenvalue weighted by Crippen LogP contribution is -2.42. The minimum absolute atomic E-state index is 0.0172. The molecule has 1 saturated heterocycles. The first-order valence-corrected chi connectivity index (χ1v) is 6.46. The summed E-state index contributed by atoms with van der Waals surface area (Å²) in [5, 5.41) is 0. The minimum Gasteiger partial charge on any atom is -0.444 e. The molecule has 0 radical (unpaired) electrons. The highest BCUT2D eigenvalue weighted by Crippen LogP contribution is 2.30. The lowest BCUT2D eigenvalue weighted by Gasteiger charge is -2.35. The summed E-state index contributed by atoms with van der Waals surface area (Å²) in [5.41, 5.74) is -0.456. The number of aromatic nitrogens is 2. The van der Waals surface area contributed by atoms with E-state index in [2.05, 4.69) is 9.97 Å². The maximum atomic E-state index is 12.2. The molecule has 0 aliphatic carbocycles. The molecule has 1 aliphatic heterocycles. The monoisotopic (exact) mass is 251 g/mol. The number of piperidine rings is 1. The Morgan fingerprint density at radius 1 is 1.50 bits per heavy atom. The van der Waals surface area contributed by atoms with Crippen LogP contribution < -0.4 is 0 Å². The molecule has 0 bridgehead atoms. The maximum absolute atomic E-state index is 12.2. The van der Waals surface area contributed by atoms with Crippen LogP contribution in [0.3, 0.4) is 0 Å². The molecule has 2 heterocycles. The maximum Gasteiger partial charge on any atom is 0.410 e. The Hall–Kier alpha value is -1.52. The molecule has 1 aliphatic rings. The number of H-pyrrole nitrogens is 1. The number of amides is 1. The van der Waals surface area contributed by atoms with Crippen LogP contribution in [0.4, 0.5) is 4.79 Å². The largest absolute Gasteiger partial charge is 0.444 e. The predicted molar refractivity (Wildman–Crippen MR) is 68.1 cm³/mol. The van der Waals surface area contributed by atoms with Gasteiger partial charge in [0, 0.05) is 18.9 Å². The lowest BCUT2D eigenvalue weighted by atomic mass is 10.0. The smallest absolute Gasteiger partial charge is 0.410 e. The summed E-state index contributed by atoms with van der Waals surface area (Å²) >= 11 is 0. The molecular weight excluding hydrogens is 230 g/mol. The second-order valence-corrected chi connectivity index (χ2v) is 5.66. The lowest BCUT2D eigenvalue weighted by molar-refractivity contribution is 0.00854. The van der Waals surface area contributed by atoms with E-state index in [1.807, 2.05) is 20.8 Å². The van der Waals surface area contributed by atoms with E-state index in [-0.39, 0.29) is 12.1 Å². The third-order valence-electron chi connectivity index (χ3n) is 2.97. The molecule has 1 unspecified atom stereocenters. The van der Waals surface area contributed by atoms with Gasteiger partial charge in [0.05, 0.1) is 6.04 Å². The number of hydrogen-bond donors (Lipinski definition) is 1. The third-order valence-corrected chi connectivity index (χ3v) is 2.97. The van der Waals surface area contributed by atoms with Crippen LogP contribution in [0.1, 0.15) is 51.9 Å². The number of ether oxygens (including phenoxy) is 1. The summed E-state index contributed by atoms with van der Waals surface area (Å²) < 4.78 is 5.45. The van der Waals surface area contributed by atoms with Crippen molar-refractivity contribution in [2.24, 2.45) is 0 Å². The standard InChI is InChI=1S/C13H21N3O2/c1-13(2,3)18-12(17)16-9-5-4-6-10(16)11-14-7-8-15-11/h7-8,10H,4-6,9H2,1-3H3,(H,14,15). The van der Waals surface area contributed by atoms with Crippen molar-refractivity contribution in [2.75, 3.05) is 6.54 Å². The molecule has 2 rings (SSSR count). The fourth-order valence-corrected chi connectivity index (χ4v) is 2.21. The summed E-state index contributed by atoms with van der Waals surface area (Å²) in [7, 11) is 0. The molecule has 1 aromatic heterocycles. The predicted octanol–water partition coefficient (Wildman–Crippen LogP) is 2.87. The van der Waals surface area contributed by atoms with Gasteiger partial charge in [0.2, 0.25) is 0 Å². The van der Waals surface area contributed by atoms with Crippen LogP contribution in [0.15, 0.2) is 12.4 Å². The quantitative estimate of drug-likeness (QED) is 0.835. The highest BCUT2D eigenvalue weighted by molar-refractivity contribution is 5.68. The number of nitrogens with zero attached hydrogens (tertiary/aromatic N) is 2. The van der Waals surface area contributed by atoms with Crippen molar-refractivity contribution >= 4 is 6.09 Å². The first kappa shape index (κ1) is 12.9. The average Bonchev–Trinajstić information content (AvgIpc) is 2.80. The van der Waals surface area contributed by atoms with E-state index < -0.39 is 5.60 Å². The fraction of sp³-hybridized carbons (Fsp3) is 0.692. The molecule has 1 aromatic rings. The van der Waals surface area contributed by atoms with Crippen molar-refractivity contribution in [3.05, 3.63) is 18.2 Å². The van der Waals surface area contributed by atoms with Crippen molar-refractivity contribution in [2.45, 2.75) is 51.7 Å². The number of hydrogen-bond acceptors (Lipinski definition) is 3. The van der Waals surface area contributed by atoms with Gasteiger partial charge in [0.1, 0.15) is 11.4 Å². The summed E-state index contributed by atoms with van der Waals surface area (Å²) in [5.74, 6) is 0.848. The second-order valence-electron chi connectivity index (χ2n) is 5.66. The minimum atomic E-state index is -0.456. The van der Waals surface area contributed by atoms with Gasteiger partial charge < -0.3 is 9.72 Å². The van der Waals surface area contributed by atoms with Crippen molar-refractivity contribution in [3.63, 3.8) is 0 Å². The first-order chi connectivity index (χ1) is 8.47. The SMILES string of the molecule is CC(C)(C)OC(=O)N1CCCCC1c1ncc[nH]1. The summed E-state index contributed by atoms with van der Waals surface area (Å²) in [4.78, 5) is 21.3. The van der Waals surface area contributed by atoms with Gasteiger partial charge in [-0.1, -0.05) is 0 Å². The molecule has 100 valence electrons. The molecule has 1 amide bonds. The molecule has 0 aromatic carbocycles. The summed E-state index contributed by atoms with van der Waals surface area (Å²) in [6.07, 6.45) is 6.34. The number of aromatic amines is 1. The molecule has 5 nitrogen and oxygen atoms in total. The highest BCUT2D eigenvalue weighted by atomic mass is 16.6. The average molecular weight is 251 g/mol. The van der Waals surface area contributed by atoms with Gasteiger partial charge in [0.25, 0.3) is 0 Å². The first-order valence-electron chi connectivity index (χ1n) is 6.46. The molecule has 18 heavy (non-hydrogen) atoms. The zero-order chi connectivity index (χ0) is 13.2. The van der Waals surface area contributed by atoms with Gasteiger partial charge in [-0.3, -0.25) is 4.90 Å². The van der Waals surface area contributed by atoms with Crippen molar-refractivity contribution in [3.8, 4) is 0 Å². The number of likely N-dealkylation sites (tertiary alicyclic amines) is 1. The normalized spacial score (nSPS) is 20.8. The van der Waals surface area contributed by atoms with Gasteiger partial charge in [-0.15, -0.1) is 0 Å². The zero-order valence-electron chi connectivity index (χ0n) is 11.3. The van der Waals surface area contributed by atoms with Crippen LogP contribution in [0.25, 0.3) is 0 Å².